The van der Waals surface area contributed by atoms with E-state index in [1.807, 2.05) is 6.92 Å². The Morgan fingerprint density at radius 2 is 2.04 bits per heavy atom. The molecule has 1 unspecified atom stereocenters. The van der Waals surface area contributed by atoms with Crippen LogP contribution in [0.25, 0.3) is 22.2 Å². The highest BCUT2D eigenvalue weighted by molar-refractivity contribution is 7.98. The first-order valence-electron chi connectivity index (χ1n) is 8.03. The molecule has 0 spiro atoms. The number of aliphatic imine (C=N–C) groups is 1. The lowest BCUT2D eigenvalue weighted by molar-refractivity contribution is 0.522. The molecule has 1 aliphatic heterocycles. The smallest absolute Gasteiger partial charge is 0.258 e. The van der Waals surface area contributed by atoms with Crippen LogP contribution in [0.2, 0.25) is 5.02 Å². The van der Waals surface area contributed by atoms with Gasteiger partial charge in [-0.15, -0.1) is 21.5 Å². The topological polar surface area (TPSA) is 123 Å². The van der Waals surface area contributed by atoms with Crippen LogP contribution >= 0.6 is 22.9 Å². The van der Waals surface area contributed by atoms with Crippen molar-refractivity contribution in [3.05, 3.63) is 34.7 Å². The van der Waals surface area contributed by atoms with Crippen molar-refractivity contribution in [2.45, 2.75) is 12.5 Å². The Labute approximate surface area is 170 Å². The van der Waals surface area contributed by atoms with Crippen molar-refractivity contribution in [3.63, 3.8) is 0 Å². The van der Waals surface area contributed by atoms with Gasteiger partial charge in [0.2, 0.25) is 5.96 Å². The lowest BCUT2D eigenvalue weighted by Crippen LogP contribution is -2.50. The molecule has 28 heavy (non-hydrogen) atoms. The first kappa shape index (κ1) is 18.8. The molecule has 4 heterocycles. The molecular formula is C16H16ClN7O2S2. The molecule has 0 amide bonds. The van der Waals surface area contributed by atoms with Gasteiger partial charge in [0.25, 0.3) is 11.8 Å². The predicted molar refractivity (Wildman–Crippen MR) is 111 cm³/mol. The highest BCUT2D eigenvalue weighted by Crippen LogP contribution is 2.44. The average molecular weight is 438 g/mol. The molecule has 146 valence electrons. The normalized spacial score (nSPS) is 25.0. The van der Waals surface area contributed by atoms with E-state index < -0.39 is 15.2 Å². The Morgan fingerprint density at radius 3 is 2.71 bits per heavy atom. The van der Waals surface area contributed by atoms with Gasteiger partial charge in [0, 0.05) is 19.4 Å². The molecule has 0 aliphatic carbocycles. The third-order valence-electron chi connectivity index (χ3n) is 4.31. The van der Waals surface area contributed by atoms with Crippen LogP contribution in [0.3, 0.4) is 0 Å². The van der Waals surface area contributed by atoms with Crippen LogP contribution in [-0.2, 0) is 15.2 Å². The van der Waals surface area contributed by atoms with Gasteiger partial charge >= 0.3 is 0 Å². The fourth-order valence-corrected chi connectivity index (χ4v) is 6.18. The second-order valence-electron chi connectivity index (χ2n) is 6.49. The summed E-state index contributed by atoms with van der Waals surface area (Å²) in [5.74, 6) is 4.77. The van der Waals surface area contributed by atoms with Crippen molar-refractivity contribution < 1.29 is 8.63 Å². The van der Waals surface area contributed by atoms with E-state index in [0.717, 1.165) is 0 Å². The van der Waals surface area contributed by atoms with Crippen LogP contribution in [0.4, 0.5) is 0 Å². The van der Waals surface area contributed by atoms with Crippen LogP contribution in [0.1, 0.15) is 11.8 Å². The van der Waals surface area contributed by atoms with Crippen molar-refractivity contribution >= 4 is 44.5 Å². The van der Waals surface area contributed by atoms with Crippen molar-refractivity contribution in [3.8, 4) is 22.2 Å². The summed E-state index contributed by atoms with van der Waals surface area (Å²) in [4.78, 5) is 13.8. The van der Waals surface area contributed by atoms with E-state index >= 15 is 0 Å². The van der Waals surface area contributed by atoms with Gasteiger partial charge in [-0.1, -0.05) is 11.6 Å². The molecule has 0 fully saturated rings. The van der Waals surface area contributed by atoms with Crippen LogP contribution in [0.5, 0.6) is 0 Å². The number of hydrogen-bond acceptors (Lipinski definition) is 9. The minimum atomic E-state index is -2.61. The molecule has 3 aromatic heterocycles. The second-order valence-corrected chi connectivity index (χ2v) is 10.3. The molecule has 0 saturated carbocycles. The summed E-state index contributed by atoms with van der Waals surface area (Å²) in [5.41, 5.74) is 5.71. The van der Waals surface area contributed by atoms with Gasteiger partial charge in [-0.3, -0.25) is 4.31 Å². The second kappa shape index (κ2) is 6.54. The van der Waals surface area contributed by atoms with E-state index in [1.165, 1.54) is 22.0 Å². The first-order valence-corrected chi connectivity index (χ1v) is 11.1. The van der Waals surface area contributed by atoms with Crippen molar-refractivity contribution in [1.29, 1.82) is 0 Å². The summed E-state index contributed by atoms with van der Waals surface area (Å²) in [5, 5.41) is 8.58. The van der Waals surface area contributed by atoms with Crippen LogP contribution in [0.15, 0.2) is 34.2 Å². The fraction of sp³-hybridized carbons (Fsp3) is 0.250. The molecule has 9 nitrogen and oxygen atoms in total. The molecule has 0 bridgehead atoms. The van der Waals surface area contributed by atoms with Gasteiger partial charge in [0.1, 0.15) is 11.9 Å². The minimum absolute atomic E-state index is 0.156. The standard InChI is InChI=1S/C16H16ClN7O2S2/c1-16(7-28(3,25)24(2)15(18)21-16)12-10(17)4-11(27-12)14-23-22-13(26-14)9-5-19-8-20-6-9/h4-6,8H,3,7H2,1-2H3,(H2,18,21)/t16-,28?/m0/s1. The van der Waals surface area contributed by atoms with E-state index in [9.17, 15) is 4.21 Å². The number of aromatic nitrogens is 4. The van der Waals surface area contributed by atoms with Crippen LogP contribution in [-0.4, -0.2) is 53.3 Å². The van der Waals surface area contributed by atoms with E-state index in [-0.39, 0.29) is 11.7 Å². The number of thiophene rings is 1. The molecule has 0 radical (unpaired) electrons. The van der Waals surface area contributed by atoms with E-state index in [4.69, 9.17) is 21.8 Å². The van der Waals surface area contributed by atoms with Gasteiger partial charge in [-0.05, 0) is 18.9 Å². The maximum atomic E-state index is 12.8. The third-order valence-corrected chi connectivity index (χ3v) is 8.29. The molecule has 12 heteroatoms. The molecule has 0 aromatic carbocycles. The highest BCUT2D eigenvalue weighted by Gasteiger charge is 2.40. The fourth-order valence-electron chi connectivity index (χ4n) is 2.87. The number of halogens is 1. The Hall–Kier alpha value is -2.50. The van der Waals surface area contributed by atoms with Crippen molar-refractivity contribution in [2.24, 2.45) is 10.7 Å². The van der Waals surface area contributed by atoms with Gasteiger partial charge in [0.15, 0.2) is 0 Å². The maximum absolute atomic E-state index is 12.8. The number of nitrogens with two attached hydrogens (primary N) is 1. The van der Waals surface area contributed by atoms with E-state index in [0.29, 0.717) is 32.1 Å². The number of guanidine groups is 1. The van der Waals surface area contributed by atoms with Crippen molar-refractivity contribution in [2.75, 3.05) is 12.8 Å². The van der Waals surface area contributed by atoms with Gasteiger partial charge in [-0.25, -0.2) is 19.2 Å². The Morgan fingerprint density at radius 1 is 1.36 bits per heavy atom. The van der Waals surface area contributed by atoms with E-state index in [2.05, 4.69) is 31.0 Å². The van der Waals surface area contributed by atoms with E-state index in [1.54, 1.807) is 25.5 Å². The average Bonchev–Trinajstić information content (AvgIpc) is 3.27. The Balaban J connectivity index is 1.73. The summed E-state index contributed by atoms with van der Waals surface area (Å²) >= 11 is 7.82. The monoisotopic (exact) mass is 437 g/mol. The largest absolute Gasteiger partial charge is 0.415 e. The summed E-state index contributed by atoms with van der Waals surface area (Å²) < 4.78 is 20.0. The zero-order valence-corrected chi connectivity index (χ0v) is 17.4. The SMILES string of the molecule is C=S1(=O)C[C@@](C)(c2sc(-c3nnc(-c4cncnc4)o3)cc2Cl)N=C(N)N1C. The zero-order valence-electron chi connectivity index (χ0n) is 15.0. The highest BCUT2D eigenvalue weighted by atomic mass is 35.5. The lowest BCUT2D eigenvalue weighted by Gasteiger charge is -2.36. The summed E-state index contributed by atoms with van der Waals surface area (Å²) in [6.07, 6.45) is 4.58. The maximum Gasteiger partial charge on any atom is 0.258 e. The molecule has 1 aliphatic rings. The van der Waals surface area contributed by atoms with Gasteiger partial charge < -0.3 is 10.2 Å². The third kappa shape index (κ3) is 3.15. The molecule has 0 saturated heterocycles. The molecule has 4 rings (SSSR count). The van der Waals surface area contributed by atoms with Crippen LogP contribution in [0, 0.1) is 0 Å². The van der Waals surface area contributed by atoms with Crippen molar-refractivity contribution in [1.82, 2.24) is 24.5 Å². The summed E-state index contributed by atoms with van der Waals surface area (Å²) in [7, 11) is -0.997. The molecule has 2 N–H and O–H groups in total. The van der Waals surface area contributed by atoms with Gasteiger partial charge in [-0.2, -0.15) is 0 Å². The summed E-state index contributed by atoms with van der Waals surface area (Å²) in [6.45, 7) is 1.83. The number of nitrogens with zero attached hydrogens (tertiary/aromatic N) is 6. The van der Waals surface area contributed by atoms with Crippen LogP contribution < -0.4 is 5.73 Å². The number of hydrogen-bond donors (Lipinski definition) is 1. The van der Waals surface area contributed by atoms with Gasteiger partial charge in [0.05, 0.1) is 35.8 Å². The molecule has 2 atom stereocenters. The minimum Gasteiger partial charge on any atom is -0.415 e. The Bertz CT molecular complexity index is 1170. The molecule has 3 aromatic rings. The quantitative estimate of drug-likeness (QED) is 0.621. The first-order chi connectivity index (χ1) is 13.2. The lowest BCUT2D eigenvalue weighted by atomic mass is 10.0. The zero-order chi connectivity index (χ0) is 20.1. The number of rotatable bonds is 3. The molecular weight excluding hydrogens is 422 g/mol. The summed E-state index contributed by atoms with van der Waals surface area (Å²) in [6, 6.07) is 1.72. The predicted octanol–water partition coefficient (Wildman–Crippen LogP) is 2.02. The Kier molecular flexibility index (Phi) is 4.40.